The zero-order valence-electron chi connectivity index (χ0n) is 16.0. The molecule has 28 heavy (non-hydrogen) atoms. The van der Waals surface area contributed by atoms with Crippen molar-refractivity contribution in [3.63, 3.8) is 0 Å². The van der Waals surface area contributed by atoms with Crippen molar-refractivity contribution >= 4 is 31.9 Å². The number of nitrogens with zero attached hydrogens (tertiary/aromatic N) is 1. The van der Waals surface area contributed by atoms with E-state index in [2.05, 4.69) is 15.9 Å². The SMILES string of the molecule is Cc1cc(C2(O)CCN(S(=O)(=O)C3(C(=O)O)CCOC(C)C3)CC2)ccc1Br. The van der Waals surface area contributed by atoms with Crippen LogP contribution in [0.1, 0.15) is 43.7 Å². The van der Waals surface area contributed by atoms with Crippen LogP contribution in [0.4, 0.5) is 0 Å². The van der Waals surface area contributed by atoms with Crippen LogP contribution in [0, 0.1) is 6.92 Å². The van der Waals surface area contributed by atoms with Crippen molar-refractivity contribution in [1.82, 2.24) is 4.31 Å². The number of ether oxygens (including phenoxy) is 1. The molecule has 0 radical (unpaired) electrons. The molecule has 156 valence electrons. The maximum absolute atomic E-state index is 13.3. The van der Waals surface area contributed by atoms with Gasteiger partial charge in [0, 0.05) is 37.0 Å². The van der Waals surface area contributed by atoms with Crippen molar-refractivity contribution in [2.75, 3.05) is 19.7 Å². The maximum atomic E-state index is 13.3. The Morgan fingerprint density at radius 2 is 1.93 bits per heavy atom. The van der Waals surface area contributed by atoms with Crippen LogP contribution in [-0.4, -0.2) is 59.5 Å². The summed E-state index contributed by atoms with van der Waals surface area (Å²) in [5.74, 6) is -1.33. The largest absolute Gasteiger partial charge is 0.480 e. The van der Waals surface area contributed by atoms with E-state index < -0.39 is 32.4 Å². The first-order valence-electron chi connectivity index (χ1n) is 9.36. The molecule has 7 nitrogen and oxygen atoms in total. The van der Waals surface area contributed by atoms with E-state index in [-0.39, 0.29) is 45.4 Å². The van der Waals surface area contributed by atoms with Crippen molar-refractivity contribution < 1.29 is 28.2 Å². The first kappa shape index (κ1) is 21.7. The van der Waals surface area contributed by atoms with Crippen LogP contribution in [0.2, 0.25) is 0 Å². The molecule has 2 N–H and O–H groups in total. The number of rotatable bonds is 4. The van der Waals surface area contributed by atoms with Gasteiger partial charge in [0.2, 0.25) is 10.0 Å². The second-order valence-corrected chi connectivity index (χ2v) is 10.9. The summed E-state index contributed by atoms with van der Waals surface area (Å²) >= 11 is 3.44. The molecule has 0 aliphatic carbocycles. The van der Waals surface area contributed by atoms with Gasteiger partial charge in [-0.05, 0) is 43.9 Å². The van der Waals surface area contributed by atoms with E-state index >= 15 is 0 Å². The Bertz CT molecular complexity index is 865. The minimum Gasteiger partial charge on any atom is -0.480 e. The molecule has 2 unspecified atom stereocenters. The molecule has 2 saturated heterocycles. The number of benzene rings is 1. The lowest BCUT2D eigenvalue weighted by molar-refractivity contribution is -0.144. The predicted octanol–water partition coefficient (Wildman–Crippen LogP) is 2.39. The summed E-state index contributed by atoms with van der Waals surface area (Å²) in [5, 5.41) is 20.9. The number of hydrogen-bond acceptors (Lipinski definition) is 5. The summed E-state index contributed by atoms with van der Waals surface area (Å²) in [6, 6.07) is 5.60. The van der Waals surface area contributed by atoms with Crippen LogP contribution in [0.25, 0.3) is 0 Å². The van der Waals surface area contributed by atoms with E-state index in [1.807, 2.05) is 25.1 Å². The molecule has 0 bridgehead atoms. The summed E-state index contributed by atoms with van der Waals surface area (Å²) in [4.78, 5) is 12.0. The first-order valence-corrected chi connectivity index (χ1v) is 11.6. The number of aliphatic hydroxyl groups is 1. The third kappa shape index (κ3) is 3.63. The Labute approximate surface area is 173 Å². The third-order valence-corrected chi connectivity index (χ3v) is 9.46. The van der Waals surface area contributed by atoms with Gasteiger partial charge in [0.1, 0.15) is 0 Å². The van der Waals surface area contributed by atoms with Gasteiger partial charge in [-0.3, -0.25) is 4.79 Å². The Balaban J connectivity index is 1.83. The van der Waals surface area contributed by atoms with Crippen molar-refractivity contribution in [2.45, 2.75) is 56.0 Å². The number of piperidine rings is 1. The fraction of sp³-hybridized carbons (Fsp3) is 0.632. The normalized spacial score (nSPS) is 28.8. The zero-order valence-corrected chi connectivity index (χ0v) is 18.4. The van der Waals surface area contributed by atoms with Crippen LogP contribution in [0.3, 0.4) is 0 Å². The summed E-state index contributed by atoms with van der Waals surface area (Å²) in [6.07, 6.45) is -0.143. The molecule has 9 heteroatoms. The van der Waals surface area contributed by atoms with E-state index in [0.717, 1.165) is 15.6 Å². The number of sulfonamides is 1. The molecule has 3 rings (SSSR count). The smallest absolute Gasteiger partial charge is 0.326 e. The van der Waals surface area contributed by atoms with Gasteiger partial charge in [-0.1, -0.05) is 28.1 Å². The van der Waals surface area contributed by atoms with Crippen molar-refractivity contribution in [3.8, 4) is 0 Å². The highest BCUT2D eigenvalue weighted by atomic mass is 79.9. The molecular weight excluding hydrogens is 450 g/mol. The summed E-state index contributed by atoms with van der Waals surface area (Å²) < 4.78 is 32.3. The summed E-state index contributed by atoms with van der Waals surface area (Å²) in [5.41, 5.74) is 0.608. The lowest BCUT2D eigenvalue weighted by Crippen LogP contribution is -2.59. The average molecular weight is 476 g/mol. The number of aryl methyl sites for hydroxylation is 1. The molecule has 2 aliphatic heterocycles. The second-order valence-electron chi connectivity index (χ2n) is 7.83. The standard InChI is InChI=1S/C19H26BrNO6S/c1-13-11-15(3-4-16(13)20)18(24)5-8-21(9-6-18)28(25,26)19(17(22)23)7-10-27-14(2)12-19/h3-4,11,14,24H,5-10,12H2,1-2H3,(H,22,23). The number of hydrogen-bond donors (Lipinski definition) is 2. The van der Waals surface area contributed by atoms with Gasteiger partial charge >= 0.3 is 5.97 Å². The number of carboxylic acid groups (broad SMARTS) is 1. The van der Waals surface area contributed by atoms with Gasteiger partial charge in [-0.25, -0.2) is 12.7 Å². The van der Waals surface area contributed by atoms with Crippen molar-refractivity contribution in [1.29, 1.82) is 0 Å². The fourth-order valence-electron chi connectivity index (χ4n) is 4.16. The molecule has 1 aromatic rings. The molecule has 2 aliphatic rings. The molecule has 1 aromatic carbocycles. The Morgan fingerprint density at radius 1 is 1.29 bits per heavy atom. The van der Waals surface area contributed by atoms with E-state index in [9.17, 15) is 23.4 Å². The van der Waals surface area contributed by atoms with Gasteiger partial charge in [0.15, 0.2) is 4.75 Å². The lowest BCUT2D eigenvalue weighted by Gasteiger charge is -2.43. The quantitative estimate of drug-likeness (QED) is 0.692. The predicted molar refractivity (Wildman–Crippen MR) is 108 cm³/mol. The van der Waals surface area contributed by atoms with Crippen LogP contribution in [0.5, 0.6) is 0 Å². The Kier molecular flexibility index (Phi) is 5.95. The molecule has 2 fully saturated rings. The van der Waals surface area contributed by atoms with E-state index in [1.54, 1.807) is 6.92 Å². The van der Waals surface area contributed by atoms with Crippen LogP contribution < -0.4 is 0 Å². The highest BCUT2D eigenvalue weighted by molar-refractivity contribution is 9.10. The minimum atomic E-state index is -4.09. The summed E-state index contributed by atoms with van der Waals surface area (Å²) in [6.45, 7) is 3.88. The monoisotopic (exact) mass is 475 g/mol. The Hall–Kier alpha value is -1.00. The van der Waals surface area contributed by atoms with Gasteiger partial charge < -0.3 is 14.9 Å². The Morgan fingerprint density at radius 3 is 2.46 bits per heavy atom. The second kappa shape index (κ2) is 7.68. The zero-order chi connectivity index (χ0) is 20.7. The average Bonchev–Trinajstić information content (AvgIpc) is 2.64. The highest BCUT2D eigenvalue weighted by Crippen LogP contribution is 2.40. The van der Waals surface area contributed by atoms with E-state index in [0.29, 0.717) is 0 Å². The molecule has 0 spiro atoms. The first-order chi connectivity index (χ1) is 13.0. The van der Waals surface area contributed by atoms with Crippen molar-refractivity contribution in [2.24, 2.45) is 0 Å². The fourth-order valence-corrected chi connectivity index (χ4v) is 6.57. The maximum Gasteiger partial charge on any atom is 0.326 e. The summed E-state index contributed by atoms with van der Waals surface area (Å²) in [7, 11) is -4.09. The van der Waals surface area contributed by atoms with E-state index in [1.165, 1.54) is 4.31 Å². The number of aliphatic carboxylic acids is 1. The van der Waals surface area contributed by atoms with Gasteiger partial charge in [0.25, 0.3) is 0 Å². The van der Waals surface area contributed by atoms with Crippen LogP contribution in [-0.2, 0) is 25.2 Å². The van der Waals surface area contributed by atoms with Gasteiger partial charge in [-0.15, -0.1) is 0 Å². The molecule has 0 saturated carbocycles. The van der Waals surface area contributed by atoms with E-state index in [4.69, 9.17) is 4.74 Å². The molecule has 0 amide bonds. The number of carbonyl (C=O) groups is 1. The lowest BCUT2D eigenvalue weighted by atomic mass is 9.84. The minimum absolute atomic E-state index is 0.0678. The molecule has 2 atom stereocenters. The molecule has 2 heterocycles. The topological polar surface area (TPSA) is 104 Å². The van der Waals surface area contributed by atoms with Crippen molar-refractivity contribution in [3.05, 3.63) is 33.8 Å². The van der Waals surface area contributed by atoms with Gasteiger partial charge in [0.05, 0.1) is 11.7 Å². The van der Waals surface area contributed by atoms with Crippen LogP contribution in [0.15, 0.2) is 22.7 Å². The number of carboxylic acids is 1. The molecule has 0 aromatic heterocycles. The van der Waals surface area contributed by atoms with Gasteiger partial charge in [-0.2, -0.15) is 0 Å². The third-order valence-electron chi connectivity index (χ3n) is 5.99. The molecular formula is C19H26BrNO6S. The number of halogens is 1. The highest BCUT2D eigenvalue weighted by Gasteiger charge is 2.56. The van der Waals surface area contributed by atoms with Crippen LogP contribution >= 0.6 is 15.9 Å².